The highest BCUT2D eigenvalue weighted by Crippen LogP contribution is 2.36. The molecule has 0 atom stereocenters. The van der Waals surface area contributed by atoms with Crippen molar-refractivity contribution in [3.8, 4) is 11.3 Å². The lowest BCUT2D eigenvalue weighted by molar-refractivity contribution is 0.742. The number of rotatable bonds is 3. The van der Waals surface area contributed by atoms with E-state index in [1.165, 1.54) is 47.9 Å². The molecule has 0 bridgehead atoms. The molecule has 0 fully saturated rings. The van der Waals surface area contributed by atoms with Gasteiger partial charge in [0, 0.05) is 13.8 Å². The molecule has 3 heteroatoms. The fourth-order valence-corrected chi connectivity index (χ4v) is 3.97. The first-order valence-corrected chi connectivity index (χ1v) is 10.2. The number of hydrogen-bond acceptors (Lipinski definition) is 2. The Morgan fingerprint density at radius 2 is 1.92 bits per heavy atom. The van der Waals surface area contributed by atoms with Crippen molar-refractivity contribution in [1.82, 2.24) is 10.2 Å². The van der Waals surface area contributed by atoms with Crippen molar-refractivity contribution in [2.24, 2.45) is 0 Å². The number of allylic oxidation sites excluding steroid dienone is 3. The maximum absolute atomic E-state index is 4.44. The van der Waals surface area contributed by atoms with E-state index in [4.69, 9.17) is 0 Å². The first-order valence-electron chi connectivity index (χ1n) is 9.23. The van der Waals surface area contributed by atoms with Crippen molar-refractivity contribution in [3.05, 3.63) is 76.1 Å². The summed E-state index contributed by atoms with van der Waals surface area (Å²) in [6, 6.07) is 12.4. The molecule has 0 saturated heterocycles. The van der Waals surface area contributed by atoms with Gasteiger partial charge in [-0.2, -0.15) is 16.4 Å². The van der Waals surface area contributed by atoms with Crippen LogP contribution in [0.5, 0.6) is 0 Å². The van der Waals surface area contributed by atoms with E-state index in [1.807, 2.05) is 37.3 Å². The minimum absolute atomic E-state index is 0. The first-order chi connectivity index (χ1) is 12.8. The number of hydrogen-bond donors (Lipinski definition) is 1. The van der Waals surface area contributed by atoms with E-state index in [0.29, 0.717) is 0 Å². The minimum Gasteiger partial charge on any atom is -0.278 e. The van der Waals surface area contributed by atoms with Gasteiger partial charge in [-0.05, 0) is 68.2 Å². The van der Waals surface area contributed by atoms with Gasteiger partial charge in [-0.3, -0.25) is 5.10 Å². The Balaban J connectivity index is 0.000000373. The van der Waals surface area contributed by atoms with Crippen LogP contribution in [0.1, 0.15) is 52.3 Å². The fourth-order valence-electron chi connectivity index (χ4n) is 3.10. The summed E-state index contributed by atoms with van der Waals surface area (Å²) in [5, 5.41) is 12.0. The Morgan fingerprint density at radius 3 is 2.58 bits per heavy atom. The number of aromatic nitrogens is 2. The Hall–Kier alpha value is -2.39. The van der Waals surface area contributed by atoms with Crippen molar-refractivity contribution < 1.29 is 2.85 Å². The quantitative estimate of drug-likeness (QED) is 0.507. The molecule has 0 radical (unpaired) electrons. The van der Waals surface area contributed by atoms with Crippen molar-refractivity contribution in [1.29, 1.82) is 0 Å². The van der Waals surface area contributed by atoms with E-state index in [-0.39, 0.29) is 2.85 Å². The van der Waals surface area contributed by atoms with Crippen molar-refractivity contribution in [2.45, 2.75) is 39.5 Å². The van der Waals surface area contributed by atoms with Gasteiger partial charge in [0.25, 0.3) is 0 Å². The number of thiophene rings is 1. The topological polar surface area (TPSA) is 28.7 Å². The van der Waals surface area contributed by atoms with E-state index in [1.54, 1.807) is 11.3 Å². The Morgan fingerprint density at radius 1 is 1.12 bits per heavy atom. The summed E-state index contributed by atoms with van der Waals surface area (Å²) in [7, 11) is 0. The highest BCUT2D eigenvalue weighted by molar-refractivity contribution is 7.08. The number of nitrogens with zero attached hydrogens (tertiary/aromatic N) is 1. The van der Waals surface area contributed by atoms with Gasteiger partial charge in [0.05, 0.1) is 11.4 Å². The van der Waals surface area contributed by atoms with Gasteiger partial charge in [0.15, 0.2) is 0 Å². The molecular weight excluding hydrogens is 336 g/mol. The maximum atomic E-state index is 4.44. The van der Waals surface area contributed by atoms with E-state index >= 15 is 0 Å². The molecule has 1 aliphatic rings. The summed E-state index contributed by atoms with van der Waals surface area (Å²) in [6.45, 7) is 4.10. The zero-order valence-corrected chi connectivity index (χ0v) is 16.4. The molecule has 4 rings (SSSR count). The van der Waals surface area contributed by atoms with Crippen LogP contribution in [0.4, 0.5) is 0 Å². The minimum atomic E-state index is 0. The van der Waals surface area contributed by atoms with Gasteiger partial charge in [0.1, 0.15) is 0 Å². The van der Waals surface area contributed by atoms with Gasteiger partial charge in [-0.15, -0.1) is 0 Å². The lowest BCUT2D eigenvalue weighted by Crippen LogP contribution is -1.92. The lowest BCUT2D eigenvalue weighted by Gasteiger charge is -2.12. The third-order valence-electron chi connectivity index (χ3n) is 4.46. The maximum Gasteiger partial charge on any atom is 0.0941 e. The van der Waals surface area contributed by atoms with Gasteiger partial charge >= 0.3 is 0 Å². The second-order valence-corrected chi connectivity index (χ2v) is 7.28. The van der Waals surface area contributed by atoms with E-state index in [9.17, 15) is 0 Å². The average Bonchev–Trinajstić information content (AvgIpc) is 3.33. The van der Waals surface area contributed by atoms with Crippen LogP contribution in [0.15, 0.2) is 59.3 Å². The molecule has 1 N–H and O–H groups in total. The normalized spacial score (nSPS) is 14.0. The zero-order chi connectivity index (χ0) is 18.2. The van der Waals surface area contributed by atoms with Crippen LogP contribution in [-0.2, 0) is 0 Å². The highest BCUT2D eigenvalue weighted by atomic mass is 32.1. The molecule has 26 heavy (non-hydrogen) atoms. The largest absolute Gasteiger partial charge is 0.278 e. The predicted octanol–water partition coefficient (Wildman–Crippen LogP) is 7.62. The second kappa shape index (κ2) is 9.35. The standard InChI is InChI=1S/C16H18N2S.C7H8.2H2/c1-2-6-13-9-16(18-17-13)15-11-19-10-14(15)12-7-4-3-5-8-12;1-7-5-3-2-4-6-7;;/h2,6-7,9-11H,3-5,8H2,1H3,(H,17,18);2-6H,1H3;2*1H/b6-2-;;;. The fraction of sp³-hybridized carbons (Fsp3) is 0.261. The van der Waals surface area contributed by atoms with Crippen LogP contribution in [0, 0.1) is 6.92 Å². The number of H-pyrrole nitrogens is 1. The number of aryl methyl sites for hydroxylation is 1. The SMILES string of the molecule is C/C=C\c1cc(-c2cscc2C2=CCCCC2)n[nH]1.Cc1ccccc1.[HH].[HH]. The van der Waals surface area contributed by atoms with E-state index in [2.05, 4.69) is 52.2 Å². The monoisotopic (exact) mass is 366 g/mol. The first kappa shape index (κ1) is 18.4. The zero-order valence-electron chi connectivity index (χ0n) is 15.5. The summed E-state index contributed by atoms with van der Waals surface area (Å²) in [5.74, 6) is 0. The van der Waals surface area contributed by atoms with Crippen LogP contribution < -0.4 is 0 Å². The molecule has 3 aromatic rings. The molecule has 2 nitrogen and oxygen atoms in total. The molecule has 1 aliphatic carbocycles. The average molecular weight is 367 g/mol. The molecule has 1 aromatic carbocycles. The summed E-state index contributed by atoms with van der Waals surface area (Å²) in [4.78, 5) is 0. The van der Waals surface area contributed by atoms with E-state index < -0.39 is 0 Å². The molecule has 0 spiro atoms. The summed E-state index contributed by atoms with van der Waals surface area (Å²) in [6.07, 6.45) is 11.5. The van der Waals surface area contributed by atoms with Crippen molar-refractivity contribution >= 4 is 23.0 Å². The van der Waals surface area contributed by atoms with Crippen LogP contribution in [-0.4, -0.2) is 10.2 Å². The van der Waals surface area contributed by atoms with Crippen molar-refractivity contribution in [3.63, 3.8) is 0 Å². The third kappa shape index (κ3) is 4.83. The van der Waals surface area contributed by atoms with Crippen LogP contribution >= 0.6 is 11.3 Å². The molecule has 138 valence electrons. The van der Waals surface area contributed by atoms with Crippen LogP contribution in [0.2, 0.25) is 0 Å². The Kier molecular flexibility index (Phi) is 6.62. The molecule has 2 aromatic heterocycles. The number of nitrogens with one attached hydrogen (secondary N) is 1. The van der Waals surface area contributed by atoms with Gasteiger partial charge in [-0.1, -0.05) is 48.0 Å². The Bertz CT molecular complexity index is 879. The molecular formula is C23H30N2S. The molecule has 0 amide bonds. The van der Waals surface area contributed by atoms with Crippen LogP contribution in [0.3, 0.4) is 0 Å². The summed E-state index contributed by atoms with van der Waals surface area (Å²) >= 11 is 1.76. The molecule has 0 unspecified atom stereocenters. The van der Waals surface area contributed by atoms with Gasteiger partial charge in [0.2, 0.25) is 0 Å². The third-order valence-corrected chi connectivity index (χ3v) is 5.20. The lowest BCUT2D eigenvalue weighted by atomic mass is 9.92. The van der Waals surface area contributed by atoms with E-state index in [0.717, 1.165) is 11.4 Å². The summed E-state index contributed by atoms with van der Waals surface area (Å²) < 4.78 is 0. The number of aromatic amines is 1. The predicted molar refractivity (Wildman–Crippen MR) is 118 cm³/mol. The van der Waals surface area contributed by atoms with Crippen molar-refractivity contribution in [2.75, 3.05) is 0 Å². The van der Waals surface area contributed by atoms with Gasteiger partial charge < -0.3 is 0 Å². The molecule has 2 heterocycles. The van der Waals surface area contributed by atoms with Crippen LogP contribution in [0.25, 0.3) is 22.9 Å². The smallest absolute Gasteiger partial charge is 0.0941 e. The Labute approximate surface area is 163 Å². The molecule has 0 saturated carbocycles. The highest BCUT2D eigenvalue weighted by Gasteiger charge is 2.14. The van der Waals surface area contributed by atoms with Gasteiger partial charge in [-0.25, -0.2) is 0 Å². The second-order valence-electron chi connectivity index (χ2n) is 6.54. The summed E-state index contributed by atoms with van der Waals surface area (Å²) in [5.41, 5.74) is 7.58. The number of benzene rings is 1. The molecule has 0 aliphatic heterocycles.